The van der Waals surface area contributed by atoms with Crippen molar-refractivity contribution in [3.63, 3.8) is 0 Å². The lowest BCUT2D eigenvalue weighted by Gasteiger charge is -2.16. The van der Waals surface area contributed by atoms with Gasteiger partial charge < -0.3 is 19.7 Å². The van der Waals surface area contributed by atoms with E-state index in [0.29, 0.717) is 38.7 Å². The molecule has 0 atom stereocenters. The first-order valence-electron chi connectivity index (χ1n) is 8.70. The first kappa shape index (κ1) is 22.1. The minimum absolute atomic E-state index is 0.205. The molecule has 0 aliphatic heterocycles. The van der Waals surface area contributed by atoms with Crippen LogP contribution < -0.4 is 14.8 Å². The van der Waals surface area contributed by atoms with Crippen molar-refractivity contribution in [2.45, 2.75) is 19.6 Å². The lowest BCUT2D eigenvalue weighted by atomic mass is 10.2. The highest BCUT2D eigenvalue weighted by Gasteiger charge is 2.14. The van der Waals surface area contributed by atoms with Crippen molar-refractivity contribution in [3.05, 3.63) is 56.5 Å². The van der Waals surface area contributed by atoms with Crippen molar-refractivity contribution >= 4 is 34.8 Å². The molecule has 0 aromatic heterocycles. The summed E-state index contributed by atoms with van der Waals surface area (Å²) in [5.41, 5.74) is 1.75. The smallest absolute Gasteiger partial charge is 0.180 e. The van der Waals surface area contributed by atoms with Gasteiger partial charge in [-0.3, -0.25) is 0 Å². The standard InChI is InChI=1S/C20H25Cl3N2O2/c1-25(2)9-5-8-24-12-14-10-18(23)20(19(11-14)26-3)27-13-15-16(21)6-4-7-17(15)22/h4,6-7,10-11,24H,5,8-9,12-13H2,1-3H3. The zero-order chi connectivity index (χ0) is 19.8. The van der Waals surface area contributed by atoms with Crippen molar-refractivity contribution in [1.29, 1.82) is 0 Å². The van der Waals surface area contributed by atoms with E-state index in [1.54, 1.807) is 25.3 Å². The van der Waals surface area contributed by atoms with Crippen LogP contribution in [0.3, 0.4) is 0 Å². The molecule has 0 radical (unpaired) electrons. The molecule has 0 heterocycles. The van der Waals surface area contributed by atoms with E-state index in [1.807, 2.05) is 12.1 Å². The number of nitrogens with zero attached hydrogens (tertiary/aromatic N) is 1. The van der Waals surface area contributed by atoms with Crippen LogP contribution >= 0.6 is 34.8 Å². The quantitative estimate of drug-likeness (QED) is 0.519. The molecule has 0 amide bonds. The highest BCUT2D eigenvalue weighted by molar-refractivity contribution is 6.36. The van der Waals surface area contributed by atoms with Gasteiger partial charge in [0.25, 0.3) is 0 Å². The molecule has 0 bridgehead atoms. The van der Waals surface area contributed by atoms with Crippen molar-refractivity contribution in [1.82, 2.24) is 10.2 Å². The van der Waals surface area contributed by atoms with E-state index in [0.717, 1.165) is 25.1 Å². The van der Waals surface area contributed by atoms with Crippen LogP contribution in [0.2, 0.25) is 15.1 Å². The molecule has 2 rings (SSSR count). The van der Waals surface area contributed by atoms with Gasteiger partial charge in [0, 0.05) is 22.2 Å². The number of methoxy groups -OCH3 is 1. The summed E-state index contributed by atoms with van der Waals surface area (Å²) in [5, 5.41) is 5.00. The number of hydrogen-bond acceptors (Lipinski definition) is 4. The normalized spacial score (nSPS) is 11.1. The number of benzene rings is 2. The minimum atomic E-state index is 0.205. The molecule has 0 spiro atoms. The molecule has 0 aliphatic carbocycles. The molecule has 1 N–H and O–H groups in total. The SMILES string of the molecule is COc1cc(CNCCCN(C)C)cc(Cl)c1OCc1c(Cl)cccc1Cl. The summed E-state index contributed by atoms with van der Waals surface area (Å²) in [5.74, 6) is 1.06. The third-order valence-electron chi connectivity index (χ3n) is 4.00. The van der Waals surface area contributed by atoms with E-state index in [4.69, 9.17) is 44.3 Å². The second kappa shape index (κ2) is 11.0. The topological polar surface area (TPSA) is 33.7 Å². The molecule has 7 heteroatoms. The zero-order valence-corrected chi connectivity index (χ0v) is 18.1. The van der Waals surface area contributed by atoms with Gasteiger partial charge in [-0.1, -0.05) is 40.9 Å². The number of halogens is 3. The number of hydrogen-bond donors (Lipinski definition) is 1. The Hall–Kier alpha value is -1.17. The van der Waals surface area contributed by atoms with E-state index in [-0.39, 0.29) is 6.61 Å². The molecule has 0 aliphatic rings. The van der Waals surface area contributed by atoms with E-state index >= 15 is 0 Å². The Labute approximate surface area is 176 Å². The van der Waals surface area contributed by atoms with Gasteiger partial charge in [0.05, 0.1) is 12.1 Å². The fourth-order valence-electron chi connectivity index (χ4n) is 2.58. The van der Waals surface area contributed by atoms with Crippen molar-refractivity contribution < 1.29 is 9.47 Å². The van der Waals surface area contributed by atoms with E-state index in [2.05, 4.69) is 24.3 Å². The van der Waals surface area contributed by atoms with Gasteiger partial charge in [-0.05, 0) is 63.4 Å². The molecule has 2 aromatic carbocycles. The molecular formula is C20H25Cl3N2O2. The van der Waals surface area contributed by atoms with Crippen LogP contribution in [0.4, 0.5) is 0 Å². The maximum Gasteiger partial charge on any atom is 0.180 e. The number of nitrogens with one attached hydrogen (secondary N) is 1. The van der Waals surface area contributed by atoms with E-state index < -0.39 is 0 Å². The van der Waals surface area contributed by atoms with E-state index in [9.17, 15) is 0 Å². The second-order valence-electron chi connectivity index (χ2n) is 6.43. The number of ether oxygens (including phenoxy) is 2. The molecule has 0 saturated heterocycles. The molecule has 148 valence electrons. The fourth-order valence-corrected chi connectivity index (χ4v) is 3.38. The molecule has 0 saturated carbocycles. The predicted octanol–water partition coefficient (Wildman–Crippen LogP) is 5.28. The lowest BCUT2D eigenvalue weighted by Crippen LogP contribution is -2.21. The minimum Gasteiger partial charge on any atom is -0.493 e. The molecular weight excluding hydrogens is 407 g/mol. The predicted molar refractivity (Wildman–Crippen MR) is 114 cm³/mol. The first-order chi connectivity index (χ1) is 12.9. The van der Waals surface area contributed by atoms with Gasteiger partial charge in [0.15, 0.2) is 11.5 Å². The van der Waals surface area contributed by atoms with Crippen LogP contribution in [0, 0.1) is 0 Å². The molecule has 2 aromatic rings. The maximum atomic E-state index is 6.44. The van der Waals surface area contributed by atoms with Crippen molar-refractivity contribution in [2.24, 2.45) is 0 Å². The Balaban J connectivity index is 2.03. The van der Waals surface area contributed by atoms with Gasteiger partial charge in [-0.25, -0.2) is 0 Å². The van der Waals surface area contributed by atoms with E-state index in [1.165, 1.54) is 0 Å². The van der Waals surface area contributed by atoms with Gasteiger partial charge in [0.1, 0.15) is 6.61 Å². The Morgan fingerprint density at radius 3 is 2.37 bits per heavy atom. The summed E-state index contributed by atoms with van der Waals surface area (Å²) >= 11 is 18.8. The summed E-state index contributed by atoms with van der Waals surface area (Å²) in [7, 11) is 5.73. The van der Waals surface area contributed by atoms with Crippen molar-refractivity contribution in [2.75, 3.05) is 34.3 Å². The van der Waals surface area contributed by atoms with Gasteiger partial charge in [0.2, 0.25) is 0 Å². The Bertz CT molecular complexity index is 734. The van der Waals surface area contributed by atoms with Crippen LogP contribution in [0.25, 0.3) is 0 Å². The third kappa shape index (κ3) is 6.74. The fraction of sp³-hybridized carbons (Fsp3) is 0.400. The van der Waals surface area contributed by atoms with Crippen LogP contribution in [0.1, 0.15) is 17.5 Å². The maximum absolute atomic E-state index is 6.44. The average molecular weight is 432 g/mol. The Morgan fingerprint density at radius 1 is 1.04 bits per heavy atom. The van der Waals surface area contributed by atoms with Crippen LogP contribution in [0.15, 0.2) is 30.3 Å². The van der Waals surface area contributed by atoms with Gasteiger partial charge in [-0.2, -0.15) is 0 Å². The molecule has 27 heavy (non-hydrogen) atoms. The second-order valence-corrected chi connectivity index (χ2v) is 7.65. The van der Waals surface area contributed by atoms with Crippen LogP contribution in [0.5, 0.6) is 11.5 Å². The van der Waals surface area contributed by atoms with Crippen LogP contribution in [-0.4, -0.2) is 39.2 Å². The van der Waals surface area contributed by atoms with Gasteiger partial charge >= 0.3 is 0 Å². The third-order valence-corrected chi connectivity index (χ3v) is 4.99. The Morgan fingerprint density at radius 2 is 1.74 bits per heavy atom. The summed E-state index contributed by atoms with van der Waals surface area (Å²) in [6.45, 7) is 2.90. The molecule has 4 nitrogen and oxygen atoms in total. The lowest BCUT2D eigenvalue weighted by molar-refractivity contribution is 0.284. The van der Waals surface area contributed by atoms with Crippen molar-refractivity contribution in [3.8, 4) is 11.5 Å². The zero-order valence-electron chi connectivity index (χ0n) is 15.8. The molecule has 0 fully saturated rings. The first-order valence-corrected chi connectivity index (χ1v) is 9.83. The highest BCUT2D eigenvalue weighted by Crippen LogP contribution is 2.38. The number of rotatable bonds is 10. The Kier molecular flexibility index (Phi) is 9.00. The average Bonchev–Trinajstić information content (AvgIpc) is 2.61. The summed E-state index contributed by atoms with van der Waals surface area (Å²) in [6.07, 6.45) is 1.08. The largest absolute Gasteiger partial charge is 0.493 e. The summed E-state index contributed by atoms with van der Waals surface area (Å²) < 4.78 is 11.3. The molecule has 0 unspecified atom stereocenters. The monoisotopic (exact) mass is 430 g/mol. The van der Waals surface area contributed by atoms with Crippen LogP contribution in [-0.2, 0) is 13.2 Å². The van der Waals surface area contributed by atoms with Gasteiger partial charge in [-0.15, -0.1) is 0 Å². The summed E-state index contributed by atoms with van der Waals surface area (Å²) in [6, 6.07) is 9.15. The summed E-state index contributed by atoms with van der Waals surface area (Å²) in [4.78, 5) is 2.17. The highest BCUT2D eigenvalue weighted by atomic mass is 35.5.